The first kappa shape index (κ1) is 20.3. The van der Waals surface area contributed by atoms with E-state index >= 15 is 0 Å². The number of nitrogens with zero attached hydrogens (tertiary/aromatic N) is 3. The van der Waals surface area contributed by atoms with Gasteiger partial charge in [0.2, 0.25) is 0 Å². The van der Waals surface area contributed by atoms with E-state index in [9.17, 15) is 14.9 Å². The van der Waals surface area contributed by atoms with E-state index in [4.69, 9.17) is 0 Å². The van der Waals surface area contributed by atoms with Gasteiger partial charge in [0.05, 0.1) is 17.7 Å². The van der Waals surface area contributed by atoms with Gasteiger partial charge in [-0.2, -0.15) is 5.10 Å². The minimum absolute atomic E-state index is 0.0786. The largest absolute Gasteiger partial charge is 0.307 e. The third-order valence-electron chi connectivity index (χ3n) is 4.86. The fraction of sp³-hybridized carbons (Fsp3) is 0.273. The molecule has 150 valence electrons. The highest BCUT2D eigenvalue weighted by molar-refractivity contribution is 6.05. The van der Waals surface area contributed by atoms with Gasteiger partial charge in [0.1, 0.15) is 5.82 Å². The van der Waals surface area contributed by atoms with Gasteiger partial charge in [0.15, 0.2) is 0 Å². The molecule has 0 saturated heterocycles. The average molecular weight is 392 g/mol. The fourth-order valence-corrected chi connectivity index (χ4v) is 3.10. The van der Waals surface area contributed by atoms with Crippen LogP contribution in [0.3, 0.4) is 0 Å². The summed E-state index contributed by atoms with van der Waals surface area (Å²) in [7, 11) is 0. The second kappa shape index (κ2) is 7.87. The van der Waals surface area contributed by atoms with Crippen molar-refractivity contribution in [3.63, 3.8) is 0 Å². The summed E-state index contributed by atoms with van der Waals surface area (Å²) in [5, 5.41) is 18.2. The van der Waals surface area contributed by atoms with Crippen LogP contribution in [-0.2, 0) is 12.0 Å². The zero-order valence-electron chi connectivity index (χ0n) is 17.0. The van der Waals surface area contributed by atoms with Crippen molar-refractivity contribution < 1.29 is 9.72 Å². The van der Waals surface area contributed by atoms with E-state index in [1.54, 1.807) is 29.9 Å². The van der Waals surface area contributed by atoms with Crippen molar-refractivity contribution in [2.24, 2.45) is 0 Å². The molecule has 7 heteroatoms. The molecule has 1 amide bonds. The van der Waals surface area contributed by atoms with Crippen molar-refractivity contribution in [2.75, 3.05) is 5.32 Å². The molecule has 3 rings (SSSR count). The van der Waals surface area contributed by atoms with Crippen molar-refractivity contribution in [2.45, 2.75) is 39.7 Å². The molecule has 3 aromatic rings. The molecule has 1 aromatic heterocycles. The number of nitro groups is 1. The molecule has 0 bridgehead atoms. The number of nitro benzene ring substituents is 1. The summed E-state index contributed by atoms with van der Waals surface area (Å²) in [6.45, 7) is 8.57. The van der Waals surface area contributed by atoms with Crippen LogP contribution in [0.1, 0.15) is 47.8 Å². The Morgan fingerprint density at radius 1 is 1.14 bits per heavy atom. The molecule has 0 fully saturated rings. The average Bonchev–Trinajstić information content (AvgIpc) is 3.08. The topological polar surface area (TPSA) is 90.1 Å². The molecule has 0 aliphatic rings. The number of aromatic nitrogens is 2. The molecule has 0 aliphatic heterocycles. The molecular weight excluding hydrogens is 368 g/mol. The number of benzene rings is 2. The molecule has 0 atom stereocenters. The lowest BCUT2D eigenvalue weighted by molar-refractivity contribution is -0.385. The Bertz CT molecular complexity index is 1050. The summed E-state index contributed by atoms with van der Waals surface area (Å²) in [4.78, 5) is 23.3. The van der Waals surface area contributed by atoms with Crippen LogP contribution >= 0.6 is 0 Å². The number of hydrogen-bond acceptors (Lipinski definition) is 4. The molecular formula is C22H24N4O3. The van der Waals surface area contributed by atoms with Crippen molar-refractivity contribution in [3.8, 4) is 0 Å². The molecule has 0 unspecified atom stereocenters. The normalized spacial score (nSPS) is 11.3. The van der Waals surface area contributed by atoms with Crippen LogP contribution in [0.25, 0.3) is 0 Å². The van der Waals surface area contributed by atoms with Gasteiger partial charge in [-0.1, -0.05) is 51.1 Å². The molecule has 0 saturated carbocycles. The standard InChI is InChI=1S/C22H24N4O3/c1-15-18(6-5-7-19(15)26(28)29)21(27)24-20-12-13-23-25(20)14-16-8-10-17(11-9-16)22(2,3)4/h5-13H,14H2,1-4H3,(H,24,27). The van der Waals surface area contributed by atoms with Gasteiger partial charge in [0.25, 0.3) is 11.6 Å². The number of nitrogens with one attached hydrogen (secondary N) is 1. The summed E-state index contributed by atoms with van der Waals surface area (Å²) >= 11 is 0. The van der Waals surface area contributed by atoms with E-state index in [0.717, 1.165) is 5.56 Å². The third kappa shape index (κ3) is 4.51. The number of amides is 1. The molecule has 0 aliphatic carbocycles. The Morgan fingerprint density at radius 2 is 1.83 bits per heavy atom. The van der Waals surface area contributed by atoms with Gasteiger partial charge in [-0.25, -0.2) is 4.68 Å². The number of carbonyl (C=O) groups is 1. The van der Waals surface area contributed by atoms with Gasteiger partial charge >= 0.3 is 0 Å². The highest BCUT2D eigenvalue weighted by Gasteiger charge is 2.19. The quantitative estimate of drug-likeness (QED) is 0.503. The molecule has 7 nitrogen and oxygen atoms in total. The molecule has 1 heterocycles. The third-order valence-corrected chi connectivity index (χ3v) is 4.86. The van der Waals surface area contributed by atoms with Crippen LogP contribution < -0.4 is 5.32 Å². The molecule has 1 N–H and O–H groups in total. The van der Waals surface area contributed by atoms with Gasteiger partial charge in [-0.15, -0.1) is 0 Å². The minimum atomic E-state index is -0.488. The van der Waals surface area contributed by atoms with Crippen molar-refractivity contribution >= 4 is 17.4 Å². The smallest absolute Gasteiger partial charge is 0.273 e. The number of rotatable bonds is 5. The summed E-state index contributed by atoms with van der Waals surface area (Å²) in [5.41, 5.74) is 2.91. The Kier molecular flexibility index (Phi) is 5.50. The lowest BCUT2D eigenvalue weighted by atomic mass is 9.87. The van der Waals surface area contributed by atoms with Gasteiger partial charge in [0, 0.05) is 23.3 Å². The van der Waals surface area contributed by atoms with E-state index in [2.05, 4.69) is 55.5 Å². The predicted octanol–water partition coefficient (Wildman–Crippen LogP) is 4.70. The zero-order valence-corrected chi connectivity index (χ0v) is 17.0. The van der Waals surface area contributed by atoms with Crippen LogP contribution in [0.15, 0.2) is 54.7 Å². The molecule has 0 spiro atoms. The van der Waals surface area contributed by atoms with E-state index < -0.39 is 10.8 Å². The molecule has 29 heavy (non-hydrogen) atoms. The first-order chi connectivity index (χ1) is 13.7. The monoisotopic (exact) mass is 392 g/mol. The van der Waals surface area contributed by atoms with Crippen LogP contribution in [-0.4, -0.2) is 20.6 Å². The maximum atomic E-state index is 12.7. The first-order valence-corrected chi connectivity index (χ1v) is 9.33. The molecule has 0 radical (unpaired) electrons. The lowest BCUT2D eigenvalue weighted by Crippen LogP contribution is -2.17. The van der Waals surface area contributed by atoms with Gasteiger partial charge < -0.3 is 5.32 Å². The summed E-state index contributed by atoms with van der Waals surface area (Å²) in [6, 6.07) is 14.5. The van der Waals surface area contributed by atoms with Crippen molar-refractivity contribution in [1.82, 2.24) is 9.78 Å². The molecule has 2 aromatic carbocycles. The summed E-state index contributed by atoms with van der Waals surface area (Å²) in [6.07, 6.45) is 1.61. The maximum Gasteiger partial charge on any atom is 0.273 e. The highest BCUT2D eigenvalue weighted by Crippen LogP contribution is 2.24. The summed E-state index contributed by atoms with van der Waals surface area (Å²) < 4.78 is 1.69. The second-order valence-electron chi connectivity index (χ2n) is 7.98. The fourth-order valence-electron chi connectivity index (χ4n) is 3.10. The summed E-state index contributed by atoms with van der Waals surface area (Å²) in [5.74, 6) is 0.122. The van der Waals surface area contributed by atoms with E-state index in [1.807, 2.05) is 0 Å². The van der Waals surface area contributed by atoms with Crippen LogP contribution in [0.5, 0.6) is 0 Å². The van der Waals surface area contributed by atoms with Crippen molar-refractivity contribution in [3.05, 3.63) is 87.1 Å². The number of carbonyl (C=O) groups excluding carboxylic acids is 1. The van der Waals surface area contributed by atoms with E-state index in [1.165, 1.54) is 17.7 Å². The van der Waals surface area contributed by atoms with E-state index in [0.29, 0.717) is 17.9 Å². The van der Waals surface area contributed by atoms with Crippen LogP contribution in [0, 0.1) is 17.0 Å². The predicted molar refractivity (Wildman–Crippen MR) is 112 cm³/mol. The van der Waals surface area contributed by atoms with Crippen molar-refractivity contribution in [1.29, 1.82) is 0 Å². The Hall–Kier alpha value is -3.48. The zero-order chi connectivity index (χ0) is 21.2. The Morgan fingerprint density at radius 3 is 2.45 bits per heavy atom. The minimum Gasteiger partial charge on any atom is -0.307 e. The maximum absolute atomic E-state index is 12.7. The number of anilines is 1. The van der Waals surface area contributed by atoms with Gasteiger partial charge in [-0.05, 0) is 29.5 Å². The van der Waals surface area contributed by atoms with E-state index in [-0.39, 0.29) is 16.7 Å². The van der Waals surface area contributed by atoms with Gasteiger partial charge in [-0.3, -0.25) is 14.9 Å². The highest BCUT2D eigenvalue weighted by atomic mass is 16.6. The SMILES string of the molecule is Cc1c(C(=O)Nc2ccnn2Cc2ccc(C(C)(C)C)cc2)cccc1[N+](=O)[O-]. The number of hydrogen-bond donors (Lipinski definition) is 1. The Labute approximate surface area is 169 Å². The Balaban J connectivity index is 1.78. The van der Waals surface area contributed by atoms with Crippen LogP contribution in [0.4, 0.5) is 11.5 Å². The first-order valence-electron chi connectivity index (χ1n) is 9.33. The second-order valence-corrected chi connectivity index (χ2v) is 7.98. The lowest BCUT2D eigenvalue weighted by Gasteiger charge is -2.19. The van der Waals surface area contributed by atoms with Crippen LogP contribution in [0.2, 0.25) is 0 Å².